The van der Waals surface area contributed by atoms with Crippen LogP contribution >= 0.6 is 23.2 Å². The van der Waals surface area contributed by atoms with E-state index in [-0.39, 0.29) is 5.41 Å². The van der Waals surface area contributed by atoms with Crippen molar-refractivity contribution in [3.63, 3.8) is 0 Å². The van der Waals surface area contributed by atoms with Gasteiger partial charge in [0.05, 0.1) is 0 Å². The molecule has 0 radical (unpaired) electrons. The van der Waals surface area contributed by atoms with Gasteiger partial charge in [-0.15, -0.1) is 0 Å². The number of nitrogens with zero attached hydrogens (tertiary/aromatic N) is 2. The molecule has 1 aromatic carbocycles. The van der Waals surface area contributed by atoms with Gasteiger partial charge in [-0.05, 0) is 18.6 Å². The van der Waals surface area contributed by atoms with E-state index in [0.717, 1.165) is 27.8 Å². The summed E-state index contributed by atoms with van der Waals surface area (Å²) in [7, 11) is 0. The molecule has 0 aliphatic carbocycles. The Labute approximate surface area is 135 Å². The lowest BCUT2D eigenvalue weighted by Crippen LogP contribution is -2.18. The SMILES string of the molecule is Cc1c(Cl)nc(C(C)(C)C)nc1NCc1ccccc1Cl. The molecule has 112 valence electrons. The molecule has 3 nitrogen and oxygen atoms in total. The Kier molecular flexibility index (Phi) is 4.74. The molecule has 5 heteroatoms. The average Bonchev–Trinajstić information content (AvgIpc) is 2.40. The maximum absolute atomic E-state index is 6.22. The number of benzene rings is 1. The molecular formula is C16H19Cl2N3. The average molecular weight is 324 g/mol. The Morgan fingerprint density at radius 2 is 1.76 bits per heavy atom. The van der Waals surface area contributed by atoms with Gasteiger partial charge in [0.25, 0.3) is 0 Å². The third-order valence-corrected chi connectivity index (χ3v) is 3.90. The van der Waals surface area contributed by atoms with Crippen molar-refractivity contribution in [2.75, 3.05) is 5.32 Å². The first kappa shape index (κ1) is 16.1. The zero-order valence-corrected chi connectivity index (χ0v) is 14.2. The number of hydrogen-bond donors (Lipinski definition) is 1. The zero-order valence-electron chi connectivity index (χ0n) is 12.7. The van der Waals surface area contributed by atoms with E-state index >= 15 is 0 Å². The van der Waals surface area contributed by atoms with Crippen LogP contribution in [-0.2, 0) is 12.0 Å². The molecule has 0 aliphatic rings. The molecule has 0 bridgehead atoms. The van der Waals surface area contributed by atoms with E-state index in [1.54, 1.807) is 0 Å². The largest absolute Gasteiger partial charge is 0.366 e. The second-order valence-electron chi connectivity index (χ2n) is 6.01. The van der Waals surface area contributed by atoms with E-state index in [0.29, 0.717) is 11.7 Å². The van der Waals surface area contributed by atoms with Crippen molar-refractivity contribution < 1.29 is 0 Å². The summed E-state index contributed by atoms with van der Waals surface area (Å²) in [4.78, 5) is 8.96. The molecule has 1 aromatic heterocycles. The van der Waals surface area contributed by atoms with Crippen molar-refractivity contribution in [3.05, 3.63) is 51.4 Å². The molecule has 0 atom stereocenters. The highest BCUT2D eigenvalue weighted by Gasteiger charge is 2.20. The third kappa shape index (κ3) is 3.86. The molecule has 0 unspecified atom stereocenters. The Morgan fingerprint density at radius 3 is 2.38 bits per heavy atom. The predicted octanol–water partition coefficient (Wildman–Crippen LogP) is 5.00. The molecule has 2 aromatic rings. The molecule has 0 saturated heterocycles. The Bertz CT molecular complexity index is 648. The second-order valence-corrected chi connectivity index (χ2v) is 6.77. The van der Waals surface area contributed by atoms with Crippen LogP contribution in [0.25, 0.3) is 0 Å². The summed E-state index contributed by atoms with van der Waals surface area (Å²) in [6, 6.07) is 7.73. The summed E-state index contributed by atoms with van der Waals surface area (Å²) in [5.74, 6) is 1.47. The van der Waals surface area contributed by atoms with Gasteiger partial charge in [-0.1, -0.05) is 62.2 Å². The second kappa shape index (κ2) is 6.20. The molecule has 1 N–H and O–H groups in total. The minimum atomic E-state index is -0.155. The van der Waals surface area contributed by atoms with Crippen molar-refractivity contribution in [3.8, 4) is 0 Å². The molecule has 2 rings (SSSR count). The van der Waals surface area contributed by atoms with Gasteiger partial charge >= 0.3 is 0 Å². The molecule has 0 aliphatic heterocycles. The van der Waals surface area contributed by atoms with Gasteiger partial charge in [0.1, 0.15) is 16.8 Å². The first-order valence-electron chi connectivity index (χ1n) is 6.81. The van der Waals surface area contributed by atoms with E-state index < -0.39 is 0 Å². The van der Waals surface area contributed by atoms with E-state index in [1.165, 1.54) is 0 Å². The van der Waals surface area contributed by atoms with Crippen molar-refractivity contribution in [2.45, 2.75) is 39.7 Å². The van der Waals surface area contributed by atoms with Crippen LogP contribution in [0.1, 0.15) is 37.7 Å². The topological polar surface area (TPSA) is 37.8 Å². The Balaban J connectivity index is 2.28. The first-order valence-corrected chi connectivity index (χ1v) is 7.56. The fourth-order valence-corrected chi connectivity index (χ4v) is 2.19. The number of halogens is 2. The quantitative estimate of drug-likeness (QED) is 0.807. The first-order chi connectivity index (χ1) is 9.79. The van der Waals surface area contributed by atoms with Gasteiger partial charge in [-0.25, -0.2) is 9.97 Å². The zero-order chi connectivity index (χ0) is 15.6. The smallest absolute Gasteiger partial charge is 0.137 e. The van der Waals surface area contributed by atoms with E-state index in [9.17, 15) is 0 Å². The Morgan fingerprint density at radius 1 is 1.10 bits per heavy atom. The summed E-state index contributed by atoms with van der Waals surface area (Å²) < 4.78 is 0. The van der Waals surface area contributed by atoms with Crippen LogP contribution in [0.4, 0.5) is 5.82 Å². The van der Waals surface area contributed by atoms with Crippen molar-refractivity contribution >= 4 is 29.0 Å². The Hall–Kier alpha value is -1.32. The lowest BCUT2D eigenvalue weighted by atomic mass is 9.95. The standard InChI is InChI=1S/C16H19Cl2N3/c1-10-13(18)20-15(16(2,3)4)21-14(10)19-9-11-7-5-6-8-12(11)17/h5-8H,9H2,1-4H3,(H,19,20,21). The number of aromatic nitrogens is 2. The van der Waals surface area contributed by atoms with Crippen LogP contribution < -0.4 is 5.32 Å². The van der Waals surface area contributed by atoms with Gasteiger partial charge in [0.15, 0.2) is 0 Å². The van der Waals surface area contributed by atoms with Crippen LogP contribution in [0.2, 0.25) is 10.2 Å². The highest BCUT2D eigenvalue weighted by Crippen LogP contribution is 2.26. The highest BCUT2D eigenvalue weighted by atomic mass is 35.5. The van der Waals surface area contributed by atoms with E-state index in [2.05, 4.69) is 36.1 Å². The molecule has 0 amide bonds. The molecule has 21 heavy (non-hydrogen) atoms. The fraction of sp³-hybridized carbons (Fsp3) is 0.375. The van der Waals surface area contributed by atoms with Crippen molar-refractivity contribution in [2.24, 2.45) is 0 Å². The van der Waals surface area contributed by atoms with Gasteiger partial charge in [-0.3, -0.25) is 0 Å². The molecule has 0 spiro atoms. The maximum atomic E-state index is 6.22. The summed E-state index contributed by atoms with van der Waals surface area (Å²) in [5.41, 5.74) is 1.71. The van der Waals surface area contributed by atoms with Crippen LogP contribution in [0.3, 0.4) is 0 Å². The van der Waals surface area contributed by atoms with Crippen LogP contribution in [0.5, 0.6) is 0 Å². The van der Waals surface area contributed by atoms with Gasteiger partial charge in [0, 0.05) is 22.5 Å². The predicted molar refractivity (Wildman–Crippen MR) is 89.3 cm³/mol. The summed E-state index contributed by atoms with van der Waals surface area (Å²) in [6.45, 7) is 8.69. The third-order valence-electron chi connectivity index (χ3n) is 3.16. The van der Waals surface area contributed by atoms with Crippen molar-refractivity contribution in [1.82, 2.24) is 9.97 Å². The lowest BCUT2D eigenvalue weighted by Gasteiger charge is -2.19. The van der Waals surface area contributed by atoms with Gasteiger partial charge in [0.2, 0.25) is 0 Å². The number of rotatable bonds is 3. The summed E-state index contributed by atoms with van der Waals surface area (Å²) in [6.07, 6.45) is 0. The lowest BCUT2D eigenvalue weighted by molar-refractivity contribution is 0.545. The number of nitrogens with one attached hydrogen (secondary N) is 1. The minimum Gasteiger partial charge on any atom is -0.366 e. The fourth-order valence-electron chi connectivity index (χ4n) is 1.82. The molecule has 0 fully saturated rings. The molecular weight excluding hydrogens is 305 g/mol. The van der Waals surface area contributed by atoms with E-state index in [4.69, 9.17) is 23.2 Å². The minimum absolute atomic E-state index is 0.155. The van der Waals surface area contributed by atoms with Crippen LogP contribution in [0, 0.1) is 6.92 Å². The summed E-state index contributed by atoms with van der Waals surface area (Å²) in [5, 5.41) is 4.52. The van der Waals surface area contributed by atoms with Gasteiger partial charge in [-0.2, -0.15) is 0 Å². The summed E-state index contributed by atoms with van der Waals surface area (Å²) >= 11 is 12.4. The number of anilines is 1. The normalized spacial score (nSPS) is 11.5. The molecule has 0 saturated carbocycles. The number of hydrogen-bond acceptors (Lipinski definition) is 3. The molecule has 1 heterocycles. The highest BCUT2D eigenvalue weighted by molar-refractivity contribution is 6.31. The van der Waals surface area contributed by atoms with E-state index in [1.807, 2.05) is 31.2 Å². The monoisotopic (exact) mass is 323 g/mol. The van der Waals surface area contributed by atoms with Crippen molar-refractivity contribution in [1.29, 1.82) is 0 Å². The maximum Gasteiger partial charge on any atom is 0.137 e. The van der Waals surface area contributed by atoms with Crippen LogP contribution in [-0.4, -0.2) is 9.97 Å². The van der Waals surface area contributed by atoms with Crippen LogP contribution in [0.15, 0.2) is 24.3 Å². The van der Waals surface area contributed by atoms with Gasteiger partial charge < -0.3 is 5.32 Å².